The number of hydrogen-bond acceptors (Lipinski definition) is 2. The third-order valence-electron chi connectivity index (χ3n) is 2.71. The van der Waals surface area contributed by atoms with Gasteiger partial charge >= 0.3 is 0 Å². The van der Waals surface area contributed by atoms with Crippen molar-refractivity contribution in [1.82, 2.24) is 5.32 Å². The minimum Gasteiger partial charge on any atom is -0.379 e. The lowest BCUT2D eigenvalue weighted by Crippen LogP contribution is -2.27. The predicted octanol–water partition coefficient (Wildman–Crippen LogP) is 3.26. The van der Waals surface area contributed by atoms with E-state index in [-0.39, 0.29) is 5.91 Å². The average Bonchev–Trinajstić information content (AvgIpc) is 3.11. The lowest BCUT2D eigenvalue weighted by molar-refractivity contribution is 0.0906. The molecule has 1 fully saturated rings. The van der Waals surface area contributed by atoms with Gasteiger partial charge in [0.2, 0.25) is 0 Å². The van der Waals surface area contributed by atoms with Gasteiger partial charge < -0.3 is 10.1 Å². The minimum absolute atomic E-state index is 0.131. The molecule has 1 aromatic carbocycles. The number of rotatable bonds is 6. The Bertz CT molecular complexity index is 415. The van der Waals surface area contributed by atoms with E-state index in [0.717, 1.165) is 17.0 Å². The summed E-state index contributed by atoms with van der Waals surface area (Å²) in [6.45, 7) is 1.90. The van der Waals surface area contributed by atoms with Crippen LogP contribution < -0.4 is 5.32 Å². The Kier molecular flexibility index (Phi) is 5.03. The van der Waals surface area contributed by atoms with E-state index in [1.54, 1.807) is 18.2 Å². The van der Waals surface area contributed by atoms with Crippen molar-refractivity contribution in [3.05, 3.63) is 33.3 Å². The molecular weight excluding hydrogens is 318 g/mol. The van der Waals surface area contributed by atoms with Crippen LogP contribution in [0, 0.1) is 5.92 Å². The van der Waals surface area contributed by atoms with Crippen molar-refractivity contribution in [1.29, 1.82) is 0 Å². The topological polar surface area (TPSA) is 38.3 Å². The van der Waals surface area contributed by atoms with Gasteiger partial charge in [0.1, 0.15) is 0 Å². The van der Waals surface area contributed by atoms with Crippen molar-refractivity contribution in [2.75, 3.05) is 19.8 Å². The van der Waals surface area contributed by atoms with Gasteiger partial charge in [-0.05, 0) is 37.0 Å². The molecular formula is C13H15BrClNO2. The first kappa shape index (κ1) is 13.8. The van der Waals surface area contributed by atoms with Gasteiger partial charge in [0, 0.05) is 28.2 Å². The molecule has 5 heteroatoms. The van der Waals surface area contributed by atoms with Gasteiger partial charge in [0.05, 0.1) is 6.61 Å². The minimum atomic E-state index is -0.131. The number of halogens is 2. The summed E-state index contributed by atoms with van der Waals surface area (Å²) in [6, 6.07) is 5.13. The molecule has 0 bridgehead atoms. The summed E-state index contributed by atoms with van der Waals surface area (Å²) in [4.78, 5) is 11.8. The van der Waals surface area contributed by atoms with Crippen LogP contribution in [-0.4, -0.2) is 25.7 Å². The van der Waals surface area contributed by atoms with E-state index >= 15 is 0 Å². The van der Waals surface area contributed by atoms with Crippen LogP contribution >= 0.6 is 27.5 Å². The summed E-state index contributed by atoms with van der Waals surface area (Å²) in [5.74, 6) is 0.623. The predicted molar refractivity (Wildman–Crippen MR) is 75.0 cm³/mol. The zero-order chi connectivity index (χ0) is 13.0. The summed E-state index contributed by atoms with van der Waals surface area (Å²) < 4.78 is 6.24. The van der Waals surface area contributed by atoms with Crippen LogP contribution in [0.3, 0.4) is 0 Å². The number of amides is 1. The summed E-state index contributed by atoms with van der Waals surface area (Å²) in [5.41, 5.74) is 0.552. The molecule has 0 aliphatic heterocycles. The van der Waals surface area contributed by atoms with E-state index in [0.29, 0.717) is 23.7 Å². The molecule has 0 atom stereocenters. The maximum Gasteiger partial charge on any atom is 0.251 e. The lowest BCUT2D eigenvalue weighted by atomic mass is 10.2. The second-order valence-corrected chi connectivity index (χ2v) is 5.78. The molecule has 3 nitrogen and oxygen atoms in total. The molecule has 0 unspecified atom stereocenters. The van der Waals surface area contributed by atoms with Crippen molar-refractivity contribution >= 4 is 33.4 Å². The normalized spacial score (nSPS) is 14.6. The Balaban J connectivity index is 1.72. The van der Waals surface area contributed by atoms with Gasteiger partial charge in [-0.25, -0.2) is 0 Å². The molecule has 0 radical (unpaired) electrons. The Morgan fingerprint density at radius 1 is 1.44 bits per heavy atom. The van der Waals surface area contributed by atoms with Crippen LogP contribution in [-0.2, 0) is 4.74 Å². The highest BCUT2D eigenvalue weighted by atomic mass is 79.9. The summed E-state index contributed by atoms with van der Waals surface area (Å²) in [7, 11) is 0. The molecule has 0 saturated heterocycles. The van der Waals surface area contributed by atoms with E-state index in [2.05, 4.69) is 21.2 Å². The molecule has 1 amide bonds. The van der Waals surface area contributed by atoms with Gasteiger partial charge in [0.25, 0.3) is 5.91 Å². The van der Waals surface area contributed by atoms with Gasteiger partial charge in [-0.2, -0.15) is 0 Å². The van der Waals surface area contributed by atoms with E-state index in [9.17, 15) is 4.79 Å². The Morgan fingerprint density at radius 3 is 2.89 bits per heavy atom. The Hall–Kier alpha value is -0.580. The number of carbonyl (C=O) groups is 1. The molecule has 2 rings (SSSR count). The highest BCUT2D eigenvalue weighted by Crippen LogP contribution is 2.28. The first-order chi connectivity index (χ1) is 8.65. The largest absolute Gasteiger partial charge is 0.379 e. The van der Waals surface area contributed by atoms with E-state index in [1.165, 1.54) is 12.8 Å². The number of carbonyl (C=O) groups excluding carboxylic acids is 1. The molecule has 1 N–H and O–H groups in total. The van der Waals surface area contributed by atoms with Gasteiger partial charge in [0.15, 0.2) is 0 Å². The van der Waals surface area contributed by atoms with Crippen molar-refractivity contribution < 1.29 is 9.53 Å². The molecule has 1 aromatic rings. The fraction of sp³-hybridized carbons (Fsp3) is 0.462. The molecule has 0 aromatic heterocycles. The van der Waals surface area contributed by atoms with Crippen molar-refractivity contribution in [3.8, 4) is 0 Å². The Morgan fingerprint density at radius 2 is 2.22 bits per heavy atom. The summed E-state index contributed by atoms with van der Waals surface area (Å²) >= 11 is 9.19. The third kappa shape index (κ3) is 4.59. The SMILES string of the molecule is O=C(NCCOCC1CC1)c1cc(Cl)cc(Br)c1. The van der Waals surface area contributed by atoms with Crippen LogP contribution in [0.2, 0.25) is 5.02 Å². The quantitative estimate of drug-likeness (QED) is 0.812. The van der Waals surface area contributed by atoms with Crippen LogP contribution in [0.5, 0.6) is 0 Å². The van der Waals surface area contributed by atoms with Crippen molar-refractivity contribution in [3.63, 3.8) is 0 Å². The van der Waals surface area contributed by atoms with Crippen LogP contribution in [0.25, 0.3) is 0 Å². The fourth-order valence-electron chi connectivity index (χ4n) is 1.56. The van der Waals surface area contributed by atoms with Crippen molar-refractivity contribution in [2.45, 2.75) is 12.8 Å². The fourth-order valence-corrected chi connectivity index (χ4v) is 2.42. The molecule has 98 valence electrons. The number of benzene rings is 1. The van der Waals surface area contributed by atoms with Crippen molar-refractivity contribution in [2.24, 2.45) is 5.92 Å². The van der Waals surface area contributed by atoms with E-state index in [4.69, 9.17) is 16.3 Å². The first-order valence-electron chi connectivity index (χ1n) is 5.97. The van der Waals surface area contributed by atoms with E-state index < -0.39 is 0 Å². The molecule has 1 saturated carbocycles. The number of ether oxygens (including phenoxy) is 1. The zero-order valence-corrected chi connectivity index (χ0v) is 12.3. The summed E-state index contributed by atoms with van der Waals surface area (Å²) in [6.07, 6.45) is 2.56. The lowest BCUT2D eigenvalue weighted by Gasteiger charge is -2.07. The zero-order valence-electron chi connectivity index (χ0n) is 9.92. The number of hydrogen-bond donors (Lipinski definition) is 1. The molecule has 1 aliphatic carbocycles. The molecule has 18 heavy (non-hydrogen) atoms. The maximum absolute atomic E-state index is 11.8. The van der Waals surface area contributed by atoms with E-state index in [1.807, 2.05) is 0 Å². The average molecular weight is 333 g/mol. The van der Waals surface area contributed by atoms with Crippen LogP contribution in [0.1, 0.15) is 23.2 Å². The highest BCUT2D eigenvalue weighted by molar-refractivity contribution is 9.10. The van der Waals surface area contributed by atoms with Gasteiger partial charge in [-0.1, -0.05) is 27.5 Å². The molecule has 0 heterocycles. The second-order valence-electron chi connectivity index (χ2n) is 4.43. The highest BCUT2D eigenvalue weighted by Gasteiger charge is 2.20. The molecule has 1 aliphatic rings. The number of nitrogens with one attached hydrogen (secondary N) is 1. The third-order valence-corrected chi connectivity index (χ3v) is 3.38. The summed E-state index contributed by atoms with van der Waals surface area (Å²) in [5, 5.41) is 3.35. The smallest absolute Gasteiger partial charge is 0.251 e. The molecule has 0 spiro atoms. The first-order valence-corrected chi connectivity index (χ1v) is 7.14. The van der Waals surface area contributed by atoms with Gasteiger partial charge in [-0.15, -0.1) is 0 Å². The van der Waals surface area contributed by atoms with Crippen LogP contribution in [0.15, 0.2) is 22.7 Å². The second kappa shape index (κ2) is 6.55. The monoisotopic (exact) mass is 331 g/mol. The maximum atomic E-state index is 11.8. The van der Waals surface area contributed by atoms with Crippen LogP contribution in [0.4, 0.5) is 0 Å². The standard InChI is InChI=1S/C13H15BrClNO2/c14-11-5-10(6-12(15)7-11)13(17)16-3-4-18-8-9-1-2-9/h5-7,9H,1-4,8H2,(H,16,17). The van der Waals surface area contributed by atoms with Gasteiger partial charge in [-0.3, -0.25) is 4.79 Å². The Labute approximate surface area is 120 Å².